The first-order chi connectivity index (χ1) is 7.27. The minimum atomic E-state index is 0.521. The Hall–Kier alpha value is -1.84. The second-order valence-corrected chi connectivity index (χ2v) is 3.36. The number of hydrogen-bond acceptors (Lipinski definition) is 3. The number of ether oxygens (including phenoxy) is 1. The molecule has 0 radical (unpaired) electrons. The van der Waals surface area contributed by atoms with Crippen molar-refractivity contribution in [2.24, 2.45) is 7.05 Å². The summed E-state index contributed by atoms with van der Waals surface area (Å²) in [6.45, 7) is 2.41. The number of benzene rings is 1. The Morgan fingerprint density at radius 1 is 1.20 bits per heavy atom. The van der Waals surface area contributed by atoms with E-state index in [1.807, 2.05) is 48.9 Å². The first-order valence-corrected chi connectivity index (χ1v) is 4.80. The van der Waals surface area contributed by atoms with Crippen molar-refractivity contribution in [3.63, 3.8) is 0 Å². The molecule has 0 aliphatic rings. The molecule has 2 aromatic rings. The minimum Gasteiger partial charge on any atom is -0.459 e. The standard InChI is InChI=1S/C11H13N3O/c1-9-12-13-11(14(9)2)15-8-10-6-4-3-5-7-10/h3-7H,8H2,1-2H3. The van der Waals surface area contributed by atoms with Gasteiger partial charge in [-0.15, -0.1) is 5.10 Å². The van der Waals surface area contributed by atoms with Crippen molar-refractivity contribution in [3.8, 4) is 6.01 Å². The molecule has 4 heteroatoms. The summed E-state index contributed by atoms with van der Waals surface area (Å²) in [6.07, 6.45) is 0. The van der Waals surface area contributed by atoms with Crippen LogP contribution in [0.1, 0.15) is 11.4 Å². The van der Waals surface area contributed by atoms with Gasteiger partial charge in [-0.05, 0) is 12.5 Å². The minimum absolute atomic E-state index is 0.521. The van der Waals surface area contributed by atoms with Crippen LogP contribution in [-0.4, -0.2) is 14.8 Å². The first-order valence-electron chi connectivity index (χ1n) is 4.80. The average molecular weight is 203 g/mol. The molecule has 0 aliphatic carbocycles. The largest absolute Gasteiger partial charge is 0.459 e. The van der Waals surface area contributed by atoms with Gasteiger partial charge >= 0.3 is 6.01 Å². The molecule has 0 unspecified atom stereocenters. The molecular formula is C11H13N3O. The maximum Gasteiger partial charge on any atom is 0.317 e. The van der Waals surface area contributed by atoms with E-state index >= 15 is 0 Å². The number of rotatable bonds is 3. The van der Waals surface area contributed by atoms with Crippen LogP contribution in [0.2, 0.25) is 0 Å². The number of aryl methyl sites for hydroxylation is 1. The van der Waals surface area contributed by atoms with Gasteiger partial charge in [-0.1, -0.05) is 35.4 Å². The SMILES string of the molecule is Cc1nnc(OCc2ccccc2)n1C. The molecule has 0 spiro atoms. The van der Waals surface area contributed by atoms with Gasteiger partial charge in [0.15, 0.2) is 0 Å². The van der Waals surface area contributed by atoms with E-state index in [1.165, 1.54) is 0 Å². The van der Waals surface area contributed by atoms with Crippen molar-refractivity contribution >= 4 is 0 Å². The zero-order valence-corrected chi connectivity index (χ0v) is 8.84. The maximum absolute atomic E-state index is 5.53. The van der Waals surface area contributed by atoms with Gasteiger partial charge in [-0.2, -0.15) is 0 Å². The second-order valence-electron chi connectivity index (χ2n) is 3.36. The van der Waals surface area contributed by atoms with E-state index in [4.69, 9.17) is 4.74 Å². The van der Waals surface area contributed by atoms with Crippen LogP contribution >= 0.6 is 0 Å². The van der Waals surface area contributed by atoms with Crippen LogP contribution in [0.3, 0.4) is 0 Å². The summed E-state index contributed by atoms with van der Waals surface area (Å²) >= 11 is 0. The quantitative estimate of drug-likeness (QED) is 0.762. The van der Waals surface area contributed by atoms with Crippen LogP contribution in [0.4, 0.5) is 0 Å². The van der Waals surface area contributed by atoms with Gasteiger partial charge in [0.25, 0.3) is 0 Å². The third kappa shape index (κ3) is 2.15. The molecule has 15 heavy (non-hydrogen) atoms. The number of nitrogens with zero attached hydrogens (tertiary/aromatic N) is 3. The van der Waals surface area contributed by atoms with E-state index < -0.39 is 0 Å². The fraction of sp³-hybridized carbons (Fsp3) is 0.273. The summed E-state index contributed by atoms with van der Waals surface area (Å²) in [5, 5.41) is 7.84. The second kappa shape index (κ2) is 4.13. The van der Waals surface area contributed by atoms with Crippen molar-refractivity contribution in [1.82, 2.24) is 14.8 Å². The van der Waals surface area contributed by atoms with Gasteiger partial charge < -0.3 is 4.74 Å². The zero-order chi connectivity index (χ0) is 10.7. The van der Waals surface area contributed by atoms with Crippen LogP contribution in [-0.2, 0) is 13.7 Å². The van der Waals surface area contributed by atoms with E-state index in [0.717, 1.165) is 11.4 Å². The van der Waals surface area contributed by atoms with Crippen LogP contribution in [0.25, 0.3) is 0 Å². The Bertz CT molecular complexity index is 436. The molecule has 2 rings (SSSR count). The van der Waals surface area contributed by atoms with Gasteiger partial charge in [-0.3, -0.25) is 4.57 Å². The van der Waals surface area contributed by atoms with Crippen LogP contribution in [0.5, 0.6) is 6.01 Å². The lowest BCUT2D eigenvalue weighted by Crippen LogP contribution is -2.01. The molecule has 0 fully saturated rings. The van der Waals surface area contributed by atoms with Gasteiger partial charge in [0.1, 0.15) is 12.4 Å². The molecule has 0 bridgehead atoms. The number of aromatic nitrogens is 3. The molecule has 0 saturated heterocycles. The van der Waals surface area contributed by atoms with Gasteiger partial charge in [-0.25, -0.2) is 0 Å². The molecule has 1 heterocycles. The van der Waals surface area contributed by atoms with Gasteiger partial charge in [0.2, 0.25) is 0 Å². The monoisotopic (exact) mass is 203 g/mol. The Balaban J connectivity index is 2.02. The summed E-state index contributed by atoms with van der Waals surface area (Å²) in [5.74, 6) is 0.845. The Morgan fingerprint density at radius 3 is 2.53 bits per heavy atom. The molecule has 4 nitrogen and oxygen atoms in total. The predicted octanol–water partition coefficient (Wildman–Crippen LogP) is 1.70. The molecular weight excluding hydrogens is 190 g/mol. The zero-order valence-electron chi connectivity index (χ0n) is 8.84. The summed E-state index contributed by atoms with van der Waals surface area (Å²) in [4.78, 5) is 0. The summed E-state index contributed by atoms with van der Waals surface area (Å²) in [7, 11) is 1.88. The fourth-order valence-corrected chi connectivity index (χ4v) is 1.24. The molecule has 0 saturated carbocycles. The molecule has 0 aliphatic heterocycles. The molecule has 78 valence electrons. The highest BCUT2D eigenvalue weighted by Crippen LogP contribution is 2.09. The third-order valence-corrected chi connectivity index (χ3v) is 2.26. The van der Waals surface area contributed by atoms with E-state index in [0.29, 0.717) is 12.6 Å². The van der Waals surface area contributed by atoms with E-state index in [1.54, 1.807) is 0 Å². The van der Waals surface area contributed by atoms with Crippen molar-refractivity contribution in [2.45, 2.75) is 13.5 Å². The summed E-state index contributed by atoms with van der Waals surface area (Å²) in [5.41, 5.74) is 1.12. The summed E-state index contributed by atoms with van der Waals surface area (Å²) in [6, 6.07) is 10.5. The molecule has 0 N–H and O–H groups in total. The highest BCUT2D eigenvalue weighted by Gasteiger charge is 2.05. The van der Waals surface area contributed by atoms with Crippen molar-refractivity contribution in [2.75, 3.05) is 0 Å². The third-order valence-electron chi connectivity index (χ3n) is 2.26. The molecule has 0 amide bonds. The molecule has 1 aromatic heterocycles. The Kier molecular flexibility index (Phi) is 2.67. The Morgan fingerprint density at radius 2 is 1.93 bits per heavy atom. The normalized spacial score (nSPS) is 10.3. The lowest BCUT2D eigenvalue weighted by atomic mass is 10.2. The van der Waals surface area contributed by atoms with E-state index in [9.17, 15) is 0 Å². The van der Waals surface area contributed by atoms with Crippen LogP contribution < -0.4 is 4.74 Å². The summed E-state index contributed by atoms with van der Waals surface area (Å²) < 4.78 is 7.36. The van der Waals surface area contributed by atoms with Crippen molar-refractivity contribution in [1.29, 1.82) is 0 Å². The smallest absolute Gasteiger partial charge is 0.317 e. The van der Waals surface area contributed by atoms with Gasteiger partial charge in [0.05, 0.1) is 0 Å². The highest BCUT2D eigenvalue weighted by atomic mass is 16.5. The molecule has 0 atom stereocenters. The average Bonchev–Trinajstić information content (AvgIpc) is 2.59. The van der Waals surface area contributed by atoms with Crippen molar-refractivity contribution < 1.29 is 4.74 Å². The lowest BCUT2D eigenvalue weighted by molar-refractivity contribution is 0.270. The van der Waals surface area contributed by atoms with E-state index in [-0.39, 0.29) is 0 Å². The maximum atomic E-state index is 5.53. The van der Waals surface area contributed by atoms with Crippen LogP contribution in [0.15, 0.2) is 30.3 Å². The van der Waals surface area contributed by atoms with Gasteiger partial charge in [0, 0.05) is 7.05 Å². The topological polar surface area (TPSA) is 39.9 Å². The van der Waals surface area contributed by atoms with Crippen molar-refractivity contribution in [3.05, 3.63) is 41.7 Å². The first kappa shape index (κ1) is 9.71. The van der Waals surface area contributed by atoms with E-state index in [2.05, 4.69) is 10.2 Å². The lowest BCUT2D eigenvalue weighted by Gasteiger charge is -2.04. The van der Waals surface area contributed by atoms with Crippen LogP contribution in [0, 0.1) is 6.92 Å². The predicted molar refractivity (Wildman–Crippen MR) is 56.5 cm³/mol. The fourth-order valence-electron chi connectivity index (χ4n) is 1.24. The number of hydrogen-bond donors (Lipinski definition) is 0. The Labute approximate surface area is 88.5 Å². The molecule has 1 aromatic carbocycles. The highest BCUT2D eigenvalue weighted by molar-refractivity contribution is 5.14.